The molecule has 0 aliphatic heterocycles. The topological polar surface area (TPSA) is 24.1 Å². The van der Waals surface area contributed by atoms with Gasteiger partial charge < -0.3 is 5.32 Å². The summed E-state index contributed by atoms with van der Waals surface area (Å²) in [5.41, 5.74) is 0.211. The highest BCUT2D eigenvalue weighted by atomic mass is 15.1. The van der Waals surface area contributed by atoms with Crippen LogP contribution in [-0.4, -0.2) is 18.8 Å². The highest BCUT2D eigenvalue weighted by molar-refractivity contribution is 4.75. The number of rotatable bonds is 4. The third-order valence-corrected chi connectivity index (χ3v) is 1.53. The van der Waals surface area contributed by atoms with Crippen LogP contribution in [-0.2, 0) is 0 Å². The largest absolute Gasteiger partial charge is 0.305 e. The van der Waals surface area contributed by atoms with Gasteiger partial charge in [0, 0.05) is 5.54 Å². The van der Waals surface area contributed by atoms with Crippen molar-refractivity contribution in [2.45, 2.75) is 52.2 Å². The van der Waals surface area contributed by atoms with Crippen molar-refractivity contribution in [3.05, 3.63) is 0 Å². The summed E-state index contributed by atoms with van der Waals surface area (Å²) in [5.74, 6) is 0. The Hall–Kier alpha value is -0.0800. The molecule has 2 heteroatoms. The number of nitrogens with one attached hydrogen (secondary N) is 2. The van der Waals surface area contributed by atoms with E-state index in [0.29, 0.717) is 6.17 Å². The summed E-state index contributed by atoms with van der Waals surface area (Å²) in [6, 6.07) is 0. The monoisotopic (exact) mass is 158 g/mol. The van der Waals surface area contributed by atoms with Gasteiger partial charge in [-0.3, -0.25) is 5.32 Å². The first kappa shape index (κ1) is 10.9. The van der Waals surface area contributed by atoms with Crippen molar-refractivity contribution in [3.63, 3.8) is 0 Å². The lowest BCUT2D eigenvalue weighted by Gasteiger charge is -2.28. The van der Waals surface area contributed by atoms with E-state index in [2.05, 4.69) is 38.3 Å². The molecule has 0 saturated carbocycles. The van der Waals surface area contributed by atoms with Crippen LogP contribution in [0.4, 0.5) is 0 Å². The first-order chi connectivity index (χ1) is 4.99. The molecule has 0 saturated heterocycles. The van der Waals surface area contributed by atoms with Crippen LogP contribution in [0.1, 0.15) is 40.5 Å². The van der Waals surface area contributed by atoms with Gasteiger partial charge in [0.1, 0.15) is 0 Å². The van der Waals surface area contributed by atoms with Crippen LogP contribution >= 0.6 is 0 Å². The maximum absolute atomic E-state index is 3.50. The zero-order chi connectivity index (χ0) is 8.91. The summed E-state index contributed by atoms with van der Waals surface area (Å²) in [5, 5.41) is 6.74. The molecular formula is C9H22N2. The van der Waals surface area contributed by atoms with E-state index >= 15 is 0 Å². The van der Waals surface area contributed by atoms with Gasteiger partial charge in [0.25, 0.3) is 0 Å². The molecule has 0 fully saturated rings. The van der Waals surface area contributed by atoms with E-state index in [4.69, 9.17) is 0 Å². The number of hydrogen-bond acceptors (Lipinski definition) is 2. The minimum Gasteiger partial charge on any atom is -0.305 e. The second-order valence-electron chi connectivity index (χ2n) is 4.02. The molecule has 0 heterocycles. The second-order valence-corrected chi connectivity index (χ2v) is 4.02. The van der Waals surface area contributed by atoms with Crippen LogP contribution in [0.3, 0.4) is 0 Å². The minimum absolute atomic E-state index is 0.211. The van der Waals surface area contributed by atoms with Crippen LogP contribution in [0.2, 0.25) is 0 Å². The first-order valence-electron chi connectivity index (χ1n) is 4.44. The highest BCUT2D eigenvalue weighted by Crippen LogP contribution is 2.02. The maximum atomic E-state index is 3.50. The quantitative estimate of drug-likeness (QED) is 0.609. The van der Waals surface area contributed by atoms with Gasteiger partial charge in [0.2, 0.25) is 0 Å². The molecule has 0 aromatic carbocycles. The Labute approximate surface area is 70.8 Å². The summed E-state index contributed by atoms with van der Waals surface area (Å²) in [6.07, 6.45) is 2.86. The van der Waals surface area contributed by atoms with Crippen molar-refractivity contribution in [3.8, 4) is 0 Å². The van der Waals surface area contributed by atoms with Crippen LogP contribution in [0.25, 0.3) is 0 Å². The van der Waals surface area contributed by atoms with Gasteiger partial charge in [-0.25, -0.2) is 0 Å². The van der Waals surface area contributed by atoms with E-state index in [0.717, 1.165) is 0 Å². The van der Waals surface area contributed by atoms with Crippen molar-refractivity contribution in [2.75, 3.05) is 7.05 Å². The van der Waals surface area contributed by atoms with E-state index < -0.39 is 0 Å². The molecule has 11 heavy (non-hydrogen) atoms. The average Bonchev–Trinajstić information content (AvgIpc) is 1.84. The molecule has 1 unspecified atom stereocenters. The second kappa shape index (κ2) is 4.73. The van der Waals surface area contributed by atoms with Crippen LogP contribution in [0.5, 0.6) is 0 Å². The zero-order valence-electron chi connectivity index (χ0n) is 8.49. The molecule has 0 aromatic rings. The fourth-order valence-electron chi connectivity index (χ4n) is 1.10. The first-order valence-corrected chi connectivity index (χ1v) is 4.44. The standard InChI is InChI=1S/C9H22N2/c1-6-7-8(10-5)11-9(2,3)4/h8,10-11H,6-7H2,1-5H3. The Morgan fingerprint density at radius 3 is 2.09 bits per heavy atom. The Morgan fingerprint density at radius 2 is 1.82 bits per heavy atom. The molecule has 0 spiro atoms. The Bertz CT molecular complexity index is 94.2. The molecular weight excluding hydrogens is 136 g/mol. The van der Waals surface area contributed by atoms with Crippen molar-refractivity contribution >= 4 is 0 Å². The fraction of sp³-hybridized carbons (Fsp3) is 1.00. The molecule has 0 radical (unpaired) electrons. The zero-order valence-corrected chi connectivity index (χ0v) is 8.49. The van der Waals surface area contributed by atoms with Gasteiger partial charge in [0.05, 0.1) is 6.17 Å². The highest BCUT2D eigenvalue weighted by Gasteiger charge is 2.14. The van der Waals surface area contributed by atoms with E-state index in [-0.39, 0.29) is 5.54 Å². The van der Waals surface area contributed by atoms with Crippen molar-refractivity contribution in [2.24, 2.45) is 0 Å². The van der Waals surface area contributed by atoms with E-state index in [9.17, 15) is 0 Å². The molecule has 2 nitrogen and oxygen atoms in total. The van der Waals surface area contributed by atoms with Crippen LogP contribution in [0, 0.1) is 0 Å². The van der Waals surface area contributed by atoms with Gasteiger partial charge in [-0.15, -0.1) is 0 Å². The molecule has 0 rings (SSSR count). The molecule has 0 amide bonds. The predicted molar refractivity (Wildman–Crippen MR) is 50.6 cm³/mol. The predicted octanol–water partition coefficient (Wildman–Crippen LogP) is 1.72. The molecule has 68 valence electrons. The van der Waals surface area contributed by atoms with Gasteiger partial charge in [-0.2, -0.15) is 0 Å². The van der Waals surface area contributed by atoms with Gasteiger partial charge in [-0.1, -0.05) is 13.3 Å². The van der Waals surface area contributed by atoms with Gasteiger partial charge in [0.15, 0.2) is 0 Å². The lowest BCUT2D eigenvalue weighted by molar-refractivity contribution is 0.315. The van der Waals surface area contributed by atoms with Crippen LogP contribution in [0.15, 0.2) is 0 Å². The van der Waals surface area contributed by atoms with Gasteiger partial charge >= 0.3 is 0 Å². The summed E-state index contributed by atoms with van der Waals surface area (Å²) >= 11 is 0. The fourth-order valence-corrected chi connectivity index (χ4v) is 1.10. The molecule has 0 aromatic heterocycles. The smallest absolute Gasteiger partial charge is 0.0573 e. The third-order valence-electron chi connectivity index (χ3n) is 1.53. The molecule has 0 aliphatic carbocycles. The van der Waals surface area contributed by atoms with Crippen molar-refractivity contribution < 1.29 is 0 Å². The summed E-state index contributed by atoms with van der Waals surface area (Å²) < 4.78 is 0. The van der Waals surface area contributed by atoms with Gasteiger partial charge in [-0.05, 0) is 34.2 Å². The van der Waals surface area contributed by atoms with E-state index in [1.807, 2.05) is 7.05 Å². The molecule has 0 aliphatic rings. The average molecular weight is 158 g/mol. The Balaban J connectivity index is 3.68. The summed E-state index contributed by atoms with van der Waals surface area (Å²) in [4.78, 5) is 0. The minimum atomic E-state index is 0.211. The lowest BCUT2D eigenvalue weighted by atomic mass is 10.1. The summed E-state index contributed by atoms with van der Waals surface area (Å²) in [6.45, 7) is 8.77. The summed E-state index contributed by atoms with van der Waals surface area (Å²) in [7, 11) is 2.00. The lowest BCUT2D eigenvalue weighted by Crippen LogP contribution is -2.49. The maximum Gasteiger partial charge on any atom is 0.0573 e. The van der Waals surface area contributed by atoms with Crippen molar-refractivity contribution in [1.29, 1.82) is 0 Å². The molecule has 1 atom stereocenters. The SMILES string of the molecule is CCCC(NC)NC(C)(C)C. The number of hydrogen-bond donors (Lipinski definition) is 2. The van der Waals surface area contributed by atoms with E-state index in [1.165, 1.54) is 12.8 Å². The van der Waals surface area contributed by atoms with E-state index in [1.54, 1.807) is 0 Å². The molecule has 2 N–H and O–H groups in total. The third kappa shape index (κ3) is 6.32. The van der Waals surface area contributed by atoms with Crippen molar-refractivity contribution in [1.82, 2.24) is 10.6 Å². The van der Waals surface area contributed by atoms with Crippen LogP contribution < -0.4 is 10.6 Å². The molecule has 0 bridgehead atoms. The Morgan fingerprint density at radius 1 is 1.27 bits per heavy atom. The normalized spacial score (nSPS) is 15.0. The Kier molecular flexibility index (Phi) is 4.69.